The van der Waals surface area contributed by atoms with Gasteiger partial charge in [0, 0.05) is 17.8 Å². The average molecular weight is 421 g/mol. The van der Waals surface area contributed by atoms with E-state index >= 15 is 0 Å². The Bertz CT molecular complexity index is 866. The molecular weight excluding hydrogens is 384 g/mol. The van der Waals surface area contributed by atoms with Crippen LogP contribution in [0, 0.1) is 0 Å². The van der Waals surface area contributed by atoms with Crippen molar-refractivity contribution in [2.45, 2.75) is 47.0 Å². The maximum absolute atomic E-state index is 12.6. The lowest BCUT2D eigenvalue weighted by atomic mass is 10.1. The number of nitrogens with one attached hydrogen (secondary N) is 2. The predicted molar refractivity (Wildman–Crippen MR) is 133 cm³/mol. The minimum atomic E-state index is -0.140. The van der Waals surface area contributed by atoms with Crippen molar-refractivity contribution in [1.82, 2.24) is 15.6 Å². The number of hydrazone groups is 1. The number of nitrogens with zero attached hydrogens (tertiary/aromatic N) is 2. The quantitative estimate of drug-likeness (QED) is 0.336. The average Bonchev–Trinajstić information content (AvgIpc) is 2.88. The molecule has 5 heteroatoms. The van der Waals surface area contributed by atoms with Gasteiger partial charge in [-0.05, 0) is 37.8 Å². The first kappa shape index (κ1) is 25.7. The standard InChI is InChI=1S/C26H36N4O/c1-8-11-13-15-20(4)21(5)29-30-23(7)28-25(17-18-26(30)31)19-27-22(6)24(10-3)16-14-12-9-2/h8,11-17,27-28H,1,6-7,9-10,18-19H2,2-5H3/b13-11-,14-12-,20-15+,24-16-,29-21+. The highest BCUT2D eigenvalue weighted by Gasteiger charge is 2.20. The highest BCUT2D eigenvalue weighted by molar-refractivity contribution is 5.98. The second kappa shape index (κ2) is 13.8. The van der Waals surface area contributed by atoms with Gasteiger partial charge in [-0.2, -0.15) is 10.1 Å². The number of amides is 1. The van der Waals surface area contributed by atoms with E-state index in [4.69, 9.17) is 0 Å². The van der Waals surface area contributed by atoms with Gasteiger partial charge in [0.05, 0.1) is 12.3 Å². The summed E-state index contributed by atoms with van der Waals surface area (Å²) in [5.41, 5.74) is 4.55. The van der Waals surface area contributed by atoms with Crippen LogP contribution in [0.4, 0.5) is 0 Å². The lowest BCUT2D eigenvalue weighted by molar-refractivity contribution is -0.128. The number of allylic oxidation sites excluding steroid dienone is 9. The van der Waals surface area contributed by atoms with Crippen molar-refractivity contribution in [1.29, 1.82) is 0 Å². The van der Waals surface area contributed by atoms with Crippen molar-refractivity contribution in [3.8, 4) is 0 Å². The van der Waals surface area contributed by atoms with Crippen LogP contribution in [0.25, 0.3) is 0 Å². The predicted octanol–water partition coefficient (Wildman–Crippen LogP) is 5.63. The molecule has 0 saturated heterocycles. The van der Waals surface area contributed by atoms with E-state index in [-0.39, 0.29) is 12.3 Å². The second-order valence-corrected chi connectivity index (χ2v) is 7.08. The van der Waals surface area contributed by atoms with Crippen LogP contribution < -0.4 is 10.6 Å². The third kappa shape index (κ3) is 8.91. The number of carbonyl (C=O) groups is 1. The molecule has 1 aliphatic heterocycles. The van der Waals surface area contributed by atoms with E-state index in [0.29, 0.717) is 12.4 Å². The monoisotopic (exact) mass is 420 g/mol. The molecule has 1 aliphatic rings. The Morgan fingerprint density at radius 3 is 2.65 bits per heavy atom. The third-order valence-corrected chi connectivity index (χ3v) is 4.66. The highest BCUT2D eigenvalue weighted by Crippen LogP contribution is 2.15. The van der Waals surface area contributed by atoms with Crippen LogP contribution in [-0.4, -0.2) is 23.2 Å². The maximum atomic E-state index is 12.6. The summed E-state index contributed by atoms with van der Waals surface area (Å²) in [7, 11) is 0. The lowest BCUT2D eigenvalue weighted by Gasteiger charge is -2.20. The van der Waals surface area contributed by atoms with Gasteiger partial charge in [0.2, 0.25) is 0 Å². The van der Waals surface area contributed by atoms with Crippen molar-refractivity contribution in [3.05, 3.63) is 96.7 Å². The van der Waals surface area contributed by atoms with E-state index in [1.165, 1.54) is 5.01 Å². The molecule has 31 heavy (non-hydrogen) atoms. The van der Waals surface area contributed by atoms with Crippen LogP contribution in [0.1, 0.15) is 47.0 Å². The summed E-state index contributed by atoms with van der Waals surface area (Å²) in [6.45, 7) is 20.3. The topological polar surface area (TPSA) is 56.7 Å². The number of rotatable bonds is 11. The Labute approximate surface area is 187 Å². The molecule has 1 amide bonds. The number of hydrogen-bond donors (Lipinski definition) is 2. The summed E-state index contributed by atoms with van der Waals surface area (Å²) in [5, 5.41) is 12.3. The molecule has 1 heterocycles. The number of carbonyl (C=O) groups excluding carboxylic acids is 1. The van der Waals surface area contributed by atoms with E-state index in [0.717, 1.165) is 41.1 Å². The normalized spacial score (nSPS) is 16.5. The summed E-state index contributed by atoms with van der Waals surface area (Å²) in [5.74, 6) is 0.283. The first-order valence-corrected chi connectivity index (χ1v) is 10.6. The summed E-state index contributed by atoms with van der Waals surface area (Å²) in [6, 6.07) is 0. The fraction of sp³-hybridized carbons (Fsp3) is 0.308. The summed E-state index contributed by atoms with van der Waals surface area (Å²) < 4.78 is 0. The Morgan fingerprint density at radius 1 is 1.26 bits per heavy atom. The lowest BCUT2D eigenvalue weighted by Crippen LogP contribution is -2.32. The minimum Gasteiger partial charge on any atom is -0.380 e. The van der Waals surface area contributed by atoms with Gasteiger partial charge in [-0.15, -0.1) is 0 Å². The van der Waals surface area contributed by atoms with E-state index in [1.807, 2.05) is 38.2 Å². The fourth-order valence-electron chi connectivity index (χ4n) is 2.66. The van der Waals surface area contributed by atoms with Crippen molar-refractivity contribution < 1.29 is 4.79 Å². The molecule has 5 nitrogen and oxygen atoms in total. The first-order valence-electron chi connectivity index (χ1n) is 10.6. The van der Waals surface area contributed by atoms with E-state index < -0.39 is 0 Å². The molecule has 0 bridgehead atoms. The molecule has 0 aromatic heterocycles. The molecule has 0 fully saturated rings. The Balaban J connectivity index is 2.83. The largest absolute Gasteiger partial charge is 0.380 e. The fourth-order valence-corrected chi connectivity index (χ4v) is 2.66. The van der Waals surface area contributed by atoms with Crippen molar-refractivity contribution in [2.75, 3.05) is 6.54 Å². The maximum Gasteiger partial charge on any atom is 0.252 e. The molecule has 0 atom stereocenters. The van der Waals surface area contributed by atoms with Gasteiger partial charge in [-0.3, -0.25) is 4.79 Å². The molecule has 2 N–H and O–H groups in total. The number of hydrogen-bond acceptors (Lipinski definition) is 4. The second-order valence-electron chi connectivity index (χ2n) is 7.08. The van der Waals surface area contributed by atoms with E-state index in [9.17, 15) is 4.79 Å². The van der Waals surface area contributed by atoms with E-state index in [1.54, 1.807) is 6.08 Å². The molecule has 166 valence electrons. The summed E-state index contributed by atoms with van der Waals surface area (Å²) >= 11 is 0. The molecule has 0 aliphatic carbocycles. The van der Waals surface area contributed by atoms with Gasteiger partial charge in [-0.1, -0.05) is 82.2 Å². The molecule has 0 aromatic carbocycles. The Kier molecular flexibility index (Phi) is 11.4. The Morgan fingerprint density at radius 2 is 2.00 bits per heavy atom. The zero-order chi connectivity index (χ0) is 23.2. The zero-order valence-corrected chi connectivity index (χ0v) is 19.4. The SMILES string of the molecule is C=C\C=C/C=C(C)/C(C)=N/N1C(=C)NC(CNC(=C)/C(=C\C=C/CC)CC)=CCC1=O. The highest BCUT2D eigenvalue weighted by atomic mass is 16.2. The molecule has 0 saturated carbocycles. The molecule has 1 rings (SSSR count). The van der Waals surface area contributed by atoms with Gasteiger partial charge in [0.25, 0.3) is 5.91 Å². The molecule has 0 unspecified atom stereocenters. The minimum absolute atomic E-state index is 0.140. The van der Waals surface area contributed by atoms with Gasteiger partial charge < -0.3 is 10.6 Å². The smallest absolute Gasteiger partial charge is 0.252 e. The molecule has 0 aromatic rings. The van der Waals surface area contributed by atoms with E-state index in [2.05, 4.69) is 67.5 Å². The molecule has 0 radical (unpaired) electrons. The van der Waals surface area contributed by atoms with Crippen molar-refractivity contribution >= 4 is 11.6 Å². The van der Waals surface area contributed by atoms with Gasteiger partial charge in [-0.25, -0.2) is 0 Å². The van der Waals surface area contributed by atoms with Crippen LogP contribution in [0.5, 0.6) is 0 Å². The Hall–Kier alpha value is -3.34. The van der Waals surface area contributed by atoms with Gasteiger partial charge in [0.1, 0.15) is 5.82 Å². The molecule has 0 spiro atoms. The van der Waals surface area contributed by atoms with Crippen LogP contribution in [0.15, 0.2) is 102 Å². The van der Waals surface area contributed by atoms with Gasteiger partial charge >= 0.3 is 0 Å². The summed E-state index contributed by atoms with van der Waals surface area (Å²) in [6.07, 6.45) is 17.6. The van der Waals surface area contributed by atoms with Crippen molar-refractivity contribution in [2.24, 2.45) is 5.10 Å². The zero-order valence-electron chi connectivity index (χ0n) is 19.4. The van der Waals surface area contributed by atoms with Crippen LogP contribution >= 0.6 is 0 Å². The first-order chi connectivity index (χ1) is 14.8. The van der Waals surface area contributed by atoms with Gasteiger partial charge in [0.15, 0.2) is 0 Å². The van der Waals surface area contributed by atoms with Crippen LogP contribution in [0.2, 0.25) is 0 Å². The summed E-state index contributed by atoms with van der Waals surface area (Å²) in [4.78, 5) is 12.6. The third-order valence-electron chi connectivity index (χ3n) is 4.66. The van der Waals surface area contributed by atoms with Crippen LogP contribution in [-0.2, 0) is 4.79 Å². The molecular formula is C26H36N4O. The van der Waals surface area contributed by atoms with Crippen molar-refractivity contribution in [3.63, 3.8) is 0 Å². The van der Waals surface area contributed by atoms with Crippen LogP contribution in [0.3, 0.4) is 0 Å².